The summed E-state index contributed by atoms with van der Waals surface area (Å²) in [6.45, 7) is 11.9. The fourth-order valence-electron chi connectivity index (χ4n) is 2.18. The van der Waals surface area contributed by atoms with Crippen LogP contribution in [-0.2, 0) is 39.8 Å². The average molecular weight is 413 g/mol. The van der Waals surface area contributed by atoms with Crippen LogP contribution in [0.15, 0.2) is 24.3 Å². The molecule has 0 heterocycles. The molecule has 29 heavy (non-hydrogen) atoms. The topological polar surface area (TPSA) is 72.5 Å². The summed E-state index contributed by atoms with van der Waals surface area (Å²) in [4.78, 5) is 11.4. The molecule has 0 N–H and O–H groups in total. The van der Waals surface area contributed by atoms with E-state index in [0.29, 0.717) is 59.5 Å². The molecule has 1 rings (SSSR count). The van der Waals surface area contributed by atoms with Gasteiger partial charge in [-0.1, -0.05) is 29.8 Å². The Morgan fingerprint density at radius 3 is 1.66 bits per heavy atom. The van der Waals surface area contributed by atoms with E-state index >= 15 is 0 Å². The Morgan fingerprint density at radius 2 is 1.17 bits per heavy atom. The predicted molar refractivity (Wildman–Crippen MR) is 110 cm³/mol. The van der Waals surface area contributed by atoms with Crippen molar-refractivity contribution in [3.05, 3.63) is 35.4 Å². The predicted octanol–water partition coefficient (Wildman–Crippen LogP) is 2.92. The molecule has 0 spiro atoms. The number of carbonyl (C=O) groups excluding carboxylic acids is 1. The molecule has 0 aliphatic carbocycles. The van der Waals surface area contributed by atoms with E-state index in [-0.39, 0.29) is 12.6 Å². The van der Waals surface area contributed by atoms with Crippen molar-refractivity contribution in [2.75, 3.05) is 59.5 Å². The van der Waals surface area contributed by atoms with Gasteiger partial charge >= 0.3 is 5.97 Å². The van der Waals surface area contributed by atoms with Crippen LogP contribution in [0.3, 0.4) is 0 Å². The Bertz CT molecular complexity index is 537. The van der Waals surface area contributed by atoms with E-state index in [1.165, 1.54) is 5.56 Å². The number of carbonyl (C=O) groups is 1. The summed E-state index contributed by atoms with van der Waals surface area (Å²) >= 11 is 0. The van der Waals surface area contributed by atoms with Crippen molar-refractivity contribution < 1.29 is 33.2 Å². The summed E-state index contributed by atoms with van der Waals surface area (Å²) in [6.07, 6.45) is 0. The first-order valence-corrected chi connectivity index (χ1v) is 10.0. The number of esters is 1. The fraction of sp³-hybridized carbons (Fsp3) is 0.682. The Balaban J connectivity index is 1.78. The summed E-state index contributed by atoms with van der Waals surface area (Å²) < 4.78 is 32.1. The summed E-state index contributed by atoms with van der Waals surface area (Å²) in [7, 11) is 0. The number of hydrogen-bond acceptors (Lipinski definition) is 7. The normalized spacial score (nSPS) is 11.6. The molecule has 0 aliphatic rings. The van der Waals surface area contributed by atoms with Crippen LogP contribution in [0.2, 0.25) is 0 Å². The molecular formula is C22H36O7. The molecule has 0 fully saturated rings. The quantitative estimate of drug-likeness (QED) is 0.305. The Labute approximate surface area is 174 Å². The molecule has 0 atom stereocenters. The van der Waals surface area contributed by atoms with Gasteiger partial charge in [0.2, 0.25) is 0 Å². The van der Waals surface area contributed by atoms with Gasteiger partial charge in [-0.15, -0.1) is 0 Å². The van der Waals surface area contributed by atoms with Crippen molar-refractivity contribution in [2.24, 2.45) is 0 Å². The molecule has 7 nitrogen and oxygen atoms in total. The zero-order valence-corrected chi connectivity index (χ0v) is 18.2. The highest BCUT2D eigenvalue weighted by Gasteiger charge is 2.15. The molecule has 7 heteroatoms. The van der Waals surface area contributed by atoms with E-state index in [1.807, 2.05) is 20.8 Å². The van der Waals surface area contributed by atoms with E-state index in [0.717, 1.165) is 5.56 Å². The molecule has 1 aromatic carbocycles. The second kappa shape index (κ2) is 15.3. The van der Waals surface area contributed by atoms with Crippen molar-refractivity contribution in [1.82, 2.24) is 0 Å². The van der Waals surface area contributed by atoms with Crippen molar-refractivity contribution in [3.8, 4) is 0 Å². The lowest BCUT2D eigenvalue weighted by atomic mass is 10.2. The van der Waals surface area contributed by atoms with Gasteiger partial charge in [-0.3, -0.25) is 0 Å². The summed E-state index contributed by atoms with van der Waals surface area (Å²) in [5.74, 6) is -0.374. The second-order valence-electron chi connectivity index (χ2n) is 7.51. The van der Waals surface area contributed by atoms with Gasteiger partial charge in [0.05, 0.1) is 59.5 Å². The summed E-state index contributed by atoms with van der Waals surface area (Å²) in [5.41, 5.74) is 1.91. The van der Waals surface area contributed by atoms with Gasteiger partial charge in [0.1, 0.15) is 12.2 Å². The number of benzene rings is 1. The molecule has 0 bridgehead atoms. The minimum absolute atomic E-state index is 0.0663. The molecule has 166 valence electrons. The van der Waals surface area contributed by atoms with Gasteiger partial charge in [0.25, 0.3) is 0 Å². The van der Waals surface area contributed by atoms with Gasteiger partial charge in [-0.05, 0) is 33.3 Å². The third-order valence-corrected chi connectivity index (χ3v) is 3.52. The van der Waals surface area contributed by atoms with Crippen LogP contribution in [0.1, 0.15) is 31.9 Å². The molecule has 0 saturated heterocycles. The largest absolute Gasteiger partial charge is 0.458 e. The summed E-state index contributed by atoms with van der Waals surface area (Å²) in [5, 5.41) is 0. The molecule has 0 unspecified atom stereocenters. The minimum Gasteiger partial charge on any atom is -0.458 e. The lowest BCUT2D eigenvalue weighted by Crippen LogP contribution is -2.27. The van der Waals surface area contributed by atoms with Crippen LogP contribution >= 0.6 is 0 Å². The van der Waals surface area contributed by atoms with Gasteiger partial charge < -0.3 is 28.4 Å². The smallest absolute Gasteiger partial charge is 0.332 e. The van der Waals surface area contributed by atoms with E-state index < -0.39 is 5.60 Å². The lowest BCUT2D eigenvalue weighted by molar-refractivity contribution is -0.160. The Hall–Kier alpha value is -1.51. The monoisotopic (exact) mass is 412 g/mol. The van der Waals surface area contributed by atoms with E-state index in [4.69, 9.17) is 28.4 Å². The second-order valence-corrected chi connectivity index (χ2v) is 7.51. The SMILES string of the molecule is Cc1ccc(COCCOCCOCCOCCOCC(=O)OC(C)(C)C)cc1. The number of ether oxygens (including phenoxy) is 6. The molecule has 0 amide bonds. The van der Waals surface area contributed by atoms with Crippen molar-refractivity contribution in [2.45, 2.75) is 39.9 Å². The molecule has 0 radical (unpaired) electrons. The maximum atomic E-state index is 11.4. The molecule has 1 aromatic rings. The van der Waals surface area contributed by atoms with Crippen LogP contribution in [0.4, 0.5) is 0 Å². The minimum atomic E-state index is -0.494. The first-order valence-electron chi connectivity index (χ1n) is 10.0. The number of aryl methyl sites for hydroxylation is 1. The number of rotatable bonds is 16. The first kappa shape index (κ1) is 25.5. The molecule has 0 saturated carbocycles. The Kier molecular flexibility index (Phi) is 13.5. The average Bonchev–Trinajstić information content (AvgIpc) is 2.65. The van der Waals surface area contributed by atoms with Crippen LogP contribution < -0.4 is 0 Å². The third-order valence-electron chi connectivity index (χ3n) is 3.52. The molecular weight excluding hydrogens is 376 g/mol. The molecule has 0 aliphatic heterocycles. The maximum absolute atomic E-state index is 11.4. The third kappa shape index (κ3) is 16.0. The van der Waals surface area contributed by atoms with Crippen LogP contribution in [0.25, 0.3) is 0 Å². The highest BCUT2D eigenvalue weighted by molar-refractivity contribution is 5.71. The van der Waals surface area contributed by atoms with Crippen molar-refractivity contribution in [3.63, 3.8) is 0 Å². The van der Waals surface area contributed by atoms with Crippen LogP contribution in [-0.4, -0.2) is 71.0 Å². The van der Waals surface area contributed by atoms with Gasteiger partial charge in [-0.2, -0.15) is 0 Å². The highest BCUT2D eigenvalue weighted by atomic mass is 16.6. The molecule has 0 aromatic heterocycles. The maximum Gasteiger partial charge on any atom is 0.332 e. The zero-order valence-electron chi connectivity index (χ0n) is 18.2. The van der Waals surface area contributed by atoms with E-state index in [9.17, 15) is 4.79 Å². The number of hydrogen-bond donors (Lipinski definition) is 0. The van der Waals surface area contributed by atoms with Crippen LogP contribution in [0, 0.1) is 6.92 Å². The van der Waals surface area contributed by atoms with Gasteiger partial charge in [-0.25, -0.2) is 4.79 Å². The van der Waals surface area contributed by atoms with Gasteiger partial charge in [0, 0.05) is 0 Å². The highest BCUT2D eigenvalue weighted by Crippen LogP contribution is 2.06. The van der Waals surface area contributed by atoms with E-state index in [2.05, 4.69) is 31.2 Å². The van der Waals surface area contributed by atoms with Crippen molar-refractivity contribution >= 4 is 5.97 Å². The lowest BCUT2D eigenvalue weighted by Gasteiger charge is -2.19. The van der Waals surface area contributed by atoms with E-state index in [1.54, 1.807) is 0 Å². The van der Waals surface area contributed by atoms with Crippen LogP contribution in [0.5, 0.6) is 0 Å². The fourth-order valence-corrected chi connectivity index (χ4v) is 2.18. The Morgan fingerprint density at radius 1 is 0.724 bits per heavy atom. The standard InChI is InChI=1S/C22H36O7/c1-19-5-7-20(8-6-19)17-27-15-13-25-11-9-24-10-12-26-14-16-28-18-21(23)29-22(2,3)4/h5-8H,9-18H2,1-4H3. The first-order chi connectivity index (χ1) is 13.9. The van der Waals surface area contributed by atoms with Crippen molar-refractivity contribution in [1.29, 1.82) is 0 Å². The van der Waals surface area contributed by atoms with Gasteiger partial charge in [0.15, 0.2) is 0 Å². The zero-order chi connectivity index (χ0) is 21.4. The summed E-state index contributed by atoms with van der Waals surface area (Å²) in [6, 6.07) is 8.29.